The Bertz CT molecular complexity index is 480. The first-order valence-corrected chi connectivity index (χ1v) is 15.6. The highest BCUT2D eigenvalue weighted by molar-refractivity contribution is 5.69. The lowest BCUT2D eigenvalue weighted by Gasteiger charge is -2.12. The van der Waals surface area contributed by atoms with Gasteiger partial charge in [0.25, 0.3) is 0 Å². The van der Waals surface area contributed by atoms with E-state index in [4.69, 9.17) is 9.47 Å². The van der Waals surface area contributed by atoms with Crippen molar-refractivity contribution in [2.45, 2.75) is 174 Å². The Morgan fingerprint density at radius 1 is 0.472 bits per heavy atom. The van der Waals surface area contributed by atoms with Crippen molar-refractivity contribution in [1.82, 2.24) is 0 Å². The van der Waals surface area contributed by atoms with E-state index in [1.54, 1.807) is 0 Å². The zero-order valence-electron chi connectivity index (χ0n) is 24.0. The summed E-state index contributed by atoms with van der Waals surface area (Å²) >= 11 is 0. The molecule has 0 saturated heterocycles. The van der Waals surface area contributed by atoms with Crippen molar-refractivity contribution in [2.75, 3.05) is 13.2 Å². The number of aliphatic hydroxyl groups is 1. The molecule has 0 saturated carbocycles. The van der Waals surface area contributed by atoms with Gasteiger partial charge in [-0.25, -0.2) is 0 Å². The molecule has 1 atom stereocenters. The Labute approximate surface area is 223 Å². The lowest BCUT2D eigenvalue weighted by atomic mass is 10.0. The minimum absolute atomic E-state index is 0.109. The minimum atomic E-state index is -0.951. The van der Waals surface area contributed by atoms with Gasteiger partial charge in [0.15, 0.2) is 0 Å². The second-order valence-electron chi connectivity index (χ2n) is 10.6. The molecule has 1 N–H and O–H groups in total. The van der Waals surface area contributed by atoms with Crippen LogP contribution in [-0.4, -0.2) is 36.4 Å². The Kier molecular flexibility index (Phi) is 27.6. The maximum atomic E-state index is 11.8. The third kappa shape index (κ3) is 27.5. The molecule has 0 aromatic carbocycles. The van der Waals surface area contributed by atoms with Crippen LogP contribution in [0.2, 0.25) is 0 Å². The normalized spacial score (nSPS) is 12.0. The molecule has 0 fully saturated rings. The smallest absolute Gasteiger partial charge is 0.305 e. The summed E-state index contributed by atoms with van der Waals surface area (Å²) in [5.41, 5.74) is 0. The highest BCUT2D eigenvalue weighted by atomic mass is 16.6. The van der Waals surface area contributed by atoms with Gasteiger partial charge in [-0.15, -0.1) is 0 Å². The van der Waals surface area contributed by atoms with Crippen molar-refractivity contribution in [3.8, 4) is 0 Å². The van der Waals surface area contributed by atoms with Crippen LogP contribution in [0.5, 0.6) is 0 Å². The highest BCUT2D eigenvalue weighted by Crippen LogP contribution is 2.13. The van der Waals surface area contributed by atoms with Crippen LogP contribution in [0.3, 0.4) is 0 Å². The fraction of sp³-hybridized carbons (Fsp3) is 0.935. The summed E-state index contributed by atoms with van der Waals surface area (Å²) < 4.78 is 10.2. The van der Waals surface area contributed by atoms with Gasteiger partial charge in [-0.2, -0.15) is 0 Å². The van der Waals surface area contributed by atoms with E-state index in [2.05, 4.69) is 13.8 Å². The molecule has 214 valence electrons. The molecule has 0 aliphatic carbocycles. The van der Waals surface area contributed by atoms with Crippen LogP contribution in [0.15, 0.2) is 0 Å². The summed E-state index contributed by atoms with van der Waals surface area (Å²) in [5.74, 6) is -0.561. The second-order valence-corrected chi connectivity index (χ2v) is 10.6. The molecule has 0 aromatic heterocycles. The molecule has 0 aliphatic heterocycles. The largest absolute Gasteiger partial charge is 0.463 e. The van der Waals surface area contributed by atoms with Crippen LogP contribution in [0, 0.1) is 0 Å². The third-order valence-electron chi connectivity index (χ3n) is 6.84. The van der Waals surface area contributed by atoms with Gasteiger partial charge in [0, 0.05) is 12.8 Å². The molecule has 0 aromatic rings. The van der Waals surface area contributed by atoms with Gasteiger partial charge in [-0.3, -0.25) is 9.59 Å². The molecular weight excluding hydrogens is 452 g/mol. The number of ether oxygens (including phenoxy) is 2. The predicted molar refractivity (Wildman–Crippen MR) is 150 cm³/mol. The van der Waals surface area contributed by atoms with Gasteiger partial charge >= 0.3 is 11.9 Å². The van der Waals surface area contributed by atoms with Crippen molar-refractivity contribution in [3.63, 3.8) is 0 Å². The lowest BCUT2D eigenvalue weighted by Crippen LogP contribution is -2.25. The molecule has 0 spiro atoms. The van der Waals surface area contributed by atoms with Crippen molar-refractivity contribution >= 4 is 11.9 Å². The van der Waals surface area contributed by atoms with Crippen molar-refractivity contribution < 1.29 is 24.2 Å². The second kappa shape index (κ2) is 28.5. The van der Waals surface area contributed by atoms with Crippen molar-refractivity contribution in [2.24, 2.45) is 0 Å². The number of rotatable bonds is 28. The van der Waals surface area contributed by atoms with Gasteiger partial charge < -0.3 is 14.6 Å². The number of esters is 2. The average Bonchev–Trinajstić information content (AvgIpc) is 2.88. The van der Waals surface area contributed by atoms with Gasteiger partial charge in [0.1, 0.15) is 19.3 Å². The first-order chi connectivity index (χ1) is 17.6. The van der Waals surface area contributed by atoms with E-state index in [0.717, 1.165) is 25.7 Å². The van der Waals surface area contributed by atoms with Crippen molar-refractivity contribution in [3.05, 3.63) is 0 Å². The minimum Gasteiger partial charge on any atom is -0.463 e. The van der Waals surface area contributed by atoms with Crippen molar-refractivity contribution in [1.29, 1.82) is 0 Å². The molecule has 0 unspecified atom stereocenters. The summed E-state index contributed by atoms with van der Waals surface area (Å²) in [7, 11) is 0. The quantitative estimate of drug-likeness (QED) is 0.0837. The first-order valence-electron chi connectivity index (χ1n) is 15.6. The number of unbranched alkanes of at least 4 members (excludes halogenated alkanes) is 20. The lowest BCUT2D eigenvalue weighted by molar-refractivity contribution is -0.152. The Balaban J connectivity index is 3.42. The molecule has 5 heteroatoms. The van der Waals surface area contributed by atoms with Crippen LogP contribution in [-0.2, 0) is 19.1 Å². The number of carbonyl (C=O) groups excluding carboxylic acids is 2. The van der Waals surface area contributed by atoms with E-state index >= 15 is 0 Å². The molecule has 0 heterocycles. The summed E-state index contributed by atoms with van der Waals surface area (Å²) in [6, 6.07) is 0. The van der Waals surface area contributed by atoms with E-state index < -0.39 is 6.10 Å². The van der Waals surface area contributed by atoms with Gasteiger partial charge in [-0.05, 0) is 12.8 Å². The standard InChI is InChI=1S/C31H60O5/c1-3-5-7-9-11-13-15-16-18-20-22-24-26-31(34)36-28-29(32)27-35-30(33)25-23-21-19-17-14-12-10-8-6-4-2/h29,32H,3-28H2,1-2H3/t29-/m0/s1. The average molecular weight is 513 g/mol. The fourth-order valence-corrected chi connectivity index (χ4v) is 4.44. The molecule has 0 rings (SSSR count). The Morgan fingerprint density at radius 2 is 0.722 bits per heavy atom. The zero-order valence-corrected chi connectivity index (χ0v) is 24.0. The van der Waals surface area contributed by atoms with E-state index in [1.165, 1.54) is 116 Å². The number of carbonyl (C=O) groups is 2. The number of aliphatic hydroxyl groups excluding tert-OH is 1. The van der Waals surface area contributed by atoms with Crippen LogP contribution in [0.25, 0.3) is 0 Å². The van der Waals surface area contributed by atoms with Gasteiger partial charge in [0.2, 0.25) is 0 Å². The topological polar surface area (TPSA) is 72.8 Å². The van der Waals surface area contributed by atoms with Crippen LogP contribution >= 0.6 is 0 Å². The highest BCUT2D eigenvalue weighted by Gasteiger charge is 2.12. The Hall–Kier alpha value is -1.10. The molecule has 5 nitrogen and oxygen atoms in total. The molecule has 0 amide bonds. The molecular formula is C31H60O5. The monoisotopic (exact) mass is 512 g/mol. The summed E-state index contributed by atoms with van der Waals surface area (Å²) in [6.45, 7) is 4.27. The molecule has 0 bridgehead atoms. The maximum Gasteiger partial charge on any atom is 0.305 e. The first kappa shape index (κ1) is 34.9. The Morgan fingerprint density at radius 3 is 1.00 bits per heavy atom. The number of hydrogen-bond acceptors (Lipinski definition) is 5. The fourth-order valence-electron chi connectivity index (χ4n) is 4.44. The number of hydrogen-bond donors (Lipinski definition) is 1. The van der Waals surface area contributed by atoms with E-state index in [9.17, 15) is 14.7 Å². The molecule has 36 heavy (non-hydrogen) atoms. The summed E-state index contributed by atoms with van der Waals surface area (Å²) in [6.07, 6.45) is 27.1. The van der Waals surface area contributed by atoms with E-state index in [1.807, 2.05) is 0 Å². The van der Waals surface area contributed by atoms with E-state index in [0.29, 0.717) is 12.8 Å². The van der Waals surface area contributed by atoms with Crippen LogP contribution < -0.4 is 0 Å². The van der Waals surface area contributed by atoms with Gasteiger partial charge in [0.05, 0.1) is 0 Å². The SMILES string of the molecule is CCCCCCCCCCCCCCC(=O)OC[C@@H](O)COC(=O)CCCCCCCCCCCC. The maximum absolute atomic E-state index is 11.8. The van der Waals surface area contributed by atoms with Gasteiger partial charge in [-0.1, -0.05) is 142 Å². The summed E-state index contributed by atoms with van der Waals surface area (Å²) in [4.78, 5) is 23.7. The molecule has 0 radical (unpaired) electrons. The van der Waals surface area contributed by atoms with Crippen LogP contribution in [0.4, 0.5) is 0 Å². The zero-order chi connectivity index (χ0) is 26.5. The van der Waals surface area contributed by atoms with E-state index in [-0.39, 0.29) is 25.2 Å². The van der Waals surface area contributed by atoms with Crippen LogP contribution in [0.1, 0.15) is 168 Å². The molecule has 0 aliphatic rings. The summed E-state index contributed by atoms with van der Waals surface area (Å²) in [5, 5.41) is 9.91. The third-order valence-corrected chi connectivity index (χ3v) is 6.84. The predicted octanol–water partition coefficient (Wildman–Crippen LogP) is 8.84.